The highest BCUT2D eigenvalue weighted by Crippen LogP contribution is 2.03. The maximum absolute atomic E-state index is 5.78. The van der Waals surface area contributed by atoms with Gasteiger partial charge in [-0.3, -0.25) is 0 Å². The van der Waals surface area contributed by atoms with E-state index in [4.69, 9.17) is 16.3 Å². The van der Waals surface area contributed by atoms with E-state index >= 15 is 0 Å². The Bertz CT molecular complexity index is 78.0. The van der Waals surface area contributed by atoms with Crippen molar-refractivity contribution in [1.29, 1.82) is 0 Å². The highest BCUT2D eigenvalue weighted by Gasteiger charge is 2.02. The van der Waals surface area contributed by atoms with Gasteiger partial charge in [-0.05, 0) is 21.0 Å². The van der Waals surface area contributed by atoms with E-state index in [1.54, 1.807) is 0 Å². The van der Waals surface area contributed by atoms with E-state index in [1.165, 1.54) is 0 Å². The third-order valence-corrected chi connectivity index (χ3v) is 1.49. The van der Waals surface area contributed by atoms with Crippen molar-refractivity contribution in [3.05, 3.63) is 0 Å². The van der Waals surface area contributed by atoms with Crippen LogP contribution in [0.4, 0.5) is 0 Å². The highest BCUT2D eigenvalue weighted by molar-refractivity contribution is 6.19. The van der Waals surface area contributed by atoms with Crippen molar-refractivity contribution in [2.75, 3.05) is 27.2 Å². The second-order valence-corrected chi connectivity index (χ2v) is 2.94. The summed E-state index contributed by atoms with van der Waals surface area (Å²) in [6, 6.07) is 0. The summed E-state index contributed by atoms with van der Waals surface area (Å²) in [4.78, 5) is 2.09. The number of nitrogens with zero attached hydrogens (tertiary/aromatic N) is 1. The third-order valence-electron chi connectivity index (χ3n) is 1.15. The molecule has 0 fully saturated rings. The van der Waals surface area contributed by atoms with E-state index < -0.39 is 0 Å². The Morgan fingerprint density at radius 1 is 1.50 bits per heavy atom. The largest absolute Gasteiger partial charge is 0.363 e. The van der Waals surface area contributed by atoms with Crippen LogP contribution < -0.4 is 0 Å². The van der Waals surface area contributed by atoms with E-state index in [1.807, 2.05) is 21.0 Å². The number of hydrogen-bond acceptors (Lipinski definition) is 2. The minimum atomic E-state index is -0.118. The molecule has 2 nitrogen and oxygen atoms in total. The third kappa shape index (κ3) is 6.33. The van der Waals surface area contributed by atoms with Gasteiger partial charge in [0.2, 0.25) is 0 Å². The van der Waals surface area contributed by atoms with E-state index in [0.717, 1.165) is 13.0 Å². The quantitative estimate of drug-likeness (QED) is 0.573. The second-order valence-electron chi connectivity index (χ2n) is 2.46. The lowest BCUT2D eigenvalue weighted by atomic mass is 10.4. The van der Waals surface area contributed by atoms with Crippen LogP contribution in [-0.2, 0) is 4.74 Å². The molecular formula is C7H16ClNO. The molecule has 0 bridgehead atoms. The Hall–Kier alpha value is 0.210. The molecule has 1 unspecified atom stereocenters. The van der Waals surface area contributed by atoms with E-state index in [9.17, 15) is 0 Å². The number of alkyl halides is 1. The smallest absolute Gasteiger partial charge is 0.132 e. The zero-order valence-corrected chi connectivity index (χ0v) is 7.69. The zero-order chi connectivity index (χ0) is 7.98. The summed E-state index contributed by atoms with van der Waals surface area (Å²) < 4.78 is 5.13. The molecule has 0 aliphatic rings. The molecule has 0 amide bonds. The Morgan fingerprint density at radius 3 is 2.50 bits per heavy atom. The first-order chi connectivity index (χ1) is 4.66. The molecular weight excluding hydrogens is 150 g/mol. The van der Waals surface area contributed by atoms with Gasteiger partial charge < -0.3 is 9.64 Å². The number of ether oxygens (including phenoxy) is 1. The predicted molar refractivity (Wildman–Crippen MR) is 44.4 cm³/mol. The van der Waals surface area contributed by atoms with Crippen LogP contribution in [-0.4, -0.2) is 37.7 Å². The lowest BCUT2D eigenvalue weighted by Gasteiger charge is -2.12. The van der Waals surface area contributed by atoms with E-state index in [2.05, 4.69) is 4.90 Å². The maximum Gasteiger partial charge on any atom is 0.132 e. The molecule has 0 heterocycles. The summed E-state index contributed by atoms with van der Waals surface area (Å²) in [6.07, 6.45) is 0.891. The molecule has 3 heteroatoms. The lowest BCUT2D eigenvalue weighted by molar-refractivity contribution is 0.108. The van der Waals surface area contributed by atoms with Crippen molar-refractivity contribution in [2.45, 2.75) is 18.9 Å². The topological polar surface area (TPSA) is 12.5 Å². The molecule has 0 aliphatic carbocycles. The Balaban J connectivity index is 3.12. The van der Waals surface area contributed by atoms with Crippen LogP contribution in [0, 0.1) is 0 Å². The normalized spacial score (nSPS) is 14.1. The first kappa shape index (κ1) is 10.2. The van der Waals surface area contributed by atoms with Gasteiger partial charge in [-0.1, -0.05) is 11.6 Å². The first-order valence-electron chi connectivity index (χ1n) is 3.57. The fourth-order valence-corrected chi connectivity index (χ4v) is 0.847. The van der Waals surface area contributed by atoms with Gasteiger partial charge in [0.05, 0.1) is 0 Å². The lowest BCUT2D eigenvalue weighted by Crippen LogP contribution is -2.18. The van der Waals surface area contributed by atoms with Crippen LogP contribution in [0.5, 0.6) is 0 Å². The molecule has 0 aliphatic heterocycles. The minimum absolute atomic E-state index is 0.118. The van der Waals surface area contributed by atoms with E-state index in [0.29, 0.717) is 6.61 Å². The van der Waals surface area contributed by atoms with Gasteiger partial charge in [-0.25, -0.2) is 0 Å². The fraction of sp³-hybridized carbons (Fsp3) is 1.00. The maximum atomic E-state index is 5.78. The van der Waals surface area contributed by atoms with E-state index in [-0.39, 0.29) is 5.56 Å². The van der Waals surface area contributed by atoms with Gasteiger partial charge in [0, 0.05) is 19.6 Å². The average molecular weight is 166 g/mol. The molecule has 0 N–H and O–H groups in total. The SMILES string of the molecule is CCOC(Cl)CCN(C)C. The van der Waals surface area contributed by atoms with Crippen LogP contribution in [0.1, 0.15) is 13.3 Å². The Morgan fingerprint density at radius 2 is 2.10 bits per heavy atom. The summed E-state index contributed by atoms with van der Waals surface area (Å²) in [7, 11) is 4.05. The number of halogens is 1. The molecule has 0 saturated heterocycles. The standard InChI is InChI=1S/C7H16ClNO/c1-4-10-7(8)5-6-9(2)3/h7H,4-6H2,1-3H3. The minimum Gasteiger partial charge on any atom is -0.363 e. The van der Waals surface area contributed by atoms with Crippen LogP contribution in [0.25, 0.3) is 0 Å². The van der Waals surface area contributed by atoms with Crippen molar-refractivity contribution in [2.24, 2.45) is 0 Å². The molecule has 1 atom stereocenters. The highest BCUT2D eigenvalue weighted by atomic mass is 35.5. The molecule has 0 aromatic rings. The zero-order valence-electron chi connectivity index (χ0n) is 6.93. The average Bonchev–Trinajstić information content (AvgIpc) is 1.85. The molecule has 10 heavy (non-hydrogen) atoms. The van der Waals surface area contributed by atoms with Crippen LogP contribution in [0.2, 0.25) is 0 Å². The Labute approximate surface area is 68.1 Å². The number of rotatable bonds is 5. The van der Waals surface area contributed by atoms with Gasteiger partial charge in [-0.2, -0.15) is 0 Å². The van der Waals surface area contributed by atoms with Crippen molar-refractivity contribution in [1.82, 2.24) is 4.90 Å². The fourth-order valence-electron chi connectivity index (χ4n) is 0.624. The summed E-state index contributed by atoms with van der Waals surface area (Å²) in [5.41, 5.74) is -0.118. The van der Waals surface area contributed by atoms with Gasteiger partial charge in [0.1, 0.15) is 5.56 Å². The van der Waals surface area contributed by atoms with Crippen molar-refractivity contribution in [3.63, 3.8) is 0 Å². The van der Waals surface area contributed by atoms with Gasteiger partial charge >= 0.3 is 0 Å². The van der Waals surface area contributed by atoms with Gasteiger partial charge in [-0.15, -0.1) is 0 Å². The molecule has 0 radical (unpaired) electrons. The number of hydrogen-bond donors (Lipinski definition) is 0. The van der Waals surface area contributed by atoms with Crippen LogP contribution in [0.3, 0.4) is 0 Å². The molecule has 0 rings (SSSR count). The molecule has 0 aromatic carbocycles. The Kier molecular flexibility index (Phi) is 6.08. The first-order valence-corrected chi connectivity index (χ1v) is 4.01. The molecule has 0 saturated carbocycles. The molecule has 0 aromatic heterocycles. The van der Waals surface area contributed by atoms with Crippen molar-refractivity contribution in [3.8, 4) is 0 Å². The molecule has 0 spiro atoms. The summed E-state index contributed by atoms with van der Waals surface area (Å²) in [5.74, 6) is 0. The van der Waals surface area contributed by atoms with Gasteiger partial charge in [0.25, 0.3) is 0 Å². The summed E-state index contributed by atoms with van der Waals surface area (Å²) in [6.45, 7) is 3.63. The van der Waals surface area contributed by atoms with Crippen LogP contribution >= 0.6 is 11.6 Å². The van der Waals surface area contributed by atoms with Gasteiger partial charge in [0.15, 0.2) is 0 Å². The second kappa shape index (κ2) is 5.96. The van der Waals surface area contributed by atoms with Crippen molar-refractivity contribution < 1.29 is 4.74 Å². The summed E-state index contributed by atoms with van der Waals surface area (Å²) >= 11 is 5.78. The van der Waals surface area contributed by atoms with Crippen LogP contribution in [0.15, 0.2) is 0 Å². The van der Waals surface area contributed by atoms with Crippen molar-refractivity contribution >= 4 is 11.6 Å². The predicted octanol–water partition coefficient (Wildman–Crippen LogP) is 1.54. The monoisotopic (exact) mass is 165 g/mol. The molecule has 62 valence electrons. The summed E-state index contributed by atoms with van der Waals surface area (Å²) in [5, 5.41) is 0.